The Bertz CT molecular complexity index is 907. The summed E-state index contributed by atoms with van der Waals surface area (Å²) < 4.78 is 5.22. The number of halogens is 1. The molecule has 1 aromatic heterocycles. The minimum atomic E-state index is -0.177. The molecule has 0 saturated carbocycles. The normalized spacial score (nSPS) is 10.7. The third kappa shape index (κ3) is 4.61. The molecule has 0 spiro atoms. The van der Waals surface area contributed by atoms with Gasteiger partial charge >= 0.3 is 0 Å². The van der Waals surface area contributed by atoms with Crippen LogP contribution < -0.4 is 5.32 Å². The Kier molecular flexibility index (Phi) is 5.53. The highest BCUT2D eigenvalue weighted by Gasteiger charge is 2.11. The van der Waals surface area contributed by atoms with Crippen molar-refractivity contribution < 1.29 is 14.4 Å². The Hall–Kier alpha value is -2.86. The second-order valence-corrected chi connectivity index (χ2v) is 6.38. The molecule has 134 valence electrons. The number of hydrogen-bond donors (Lipinski definition) is 2. The van der Waals surface area contributed by atoms with E-state index < -0.39 is 0 Å². The Labute approximate surface area is 155 Å². The van der Waals surface area contributed by atoms with Crippen LogP contribution in [0.4, 0.5) is 5.69 Å². The van der Waals surface area contributed by atoms with E-state index in [1.165, 1.54) is 0 Å². The van der Waals surface area contributed by atoms with Crippen LogP contribution in [0.1, 0.15) is 24.3 Å². The van der Waals surface area contributed by atoms with Crippen molar-refractivity contribution in [2.24, 2.45) is 0 Å². The number of benzene rings is 2. The molecule has 1 heterocycles. The van der Waals surface area contributed by atoms with E-state index in [9.17, 15) is 9.90 Å². The lowest BCUT2D eigenvalue weighted by Gasteiger charge is -2.07. The third-order valence-corrected chi connectivity index (χ3v) is 4.04. The Morgan fingerprint density at radius 1 is 1.23 bits per heavy atom. The number of aromatic hydroxyl groups is 1. The van der Waals surface area contributed by atoms with Gasteiger partial charge in [0.1, 0.15) is 5.75 Å². The highest BCUT2D eigenvalue weighted by Crippen LogP contribution is 2.24. The van der Waals surface area contributed by atoms with Gasteiger partial charge in [-0.25, -0.2) is 0 Å². The summed E-state index contributed by atoms with van der Waals surface area (Å²) in [5.74, 6) is 0.837. The molecule has 0 aliphatic rings. The number of nitrogens with zero attached hydrogens (tertiary/aromatic N) is 2. The second kappa shape index (κ2) is 8.01. The lowest BCUT2D eigenvalue weighted by molar-refractivity contribution is -0.116. The molecule has 3 rings (SSSR count). The maximum atomic E-state index is 12.0. The van der Waals surface area contributed by atoms with Crippen molar-refractivity contribution in [3.05, 3.63) is 58.9 Å². The van der Waals surface area contributed by atoms with Crippen molar-refractivity contribution in [2.45, 2.75) is 26.2 Å². The van der Waals surface area contributed by atoms with E-state index >= 15 is 0 Å². The van der Waals surface area contributed by atoms with Crippen molar-refractivity contribution in [3.8, 4) is 17.1 Å². The van der Waals surface area contributed by atoms with Gasteiger partial charge < -0.3 is 14.9 Å². The van der Waals surface area contributed by atoms with Gasteiger partial charge in [-0.05, 0) is 55.3 Å². The van der Waals surface area contributed by atoms with Gasteiger partial charge in [-0.15, -0.1) is 0 Å². The second-order valence-electron chi connectivity index (χ2n) is 5.94. The zero-order chi connectivity index (χ0) is 18.5. The molecule has 6 nitrogen and oxygen atoms in total. The minimum Gasteiger partial charge on any atom is -0.506 e. The van der Waals surface area contributed by atoms with E-state index in [1.807, 2.05) is 19.1 Å². The average Bonchev–Trinajstić information content (AvgIpc) is 3.08. The molecular formula is C19H18ClN3O3. The SMILES string of the molecule is Cc1ccc(O)c(NC(=O)CCCc2nc(-c3ccc(Cl)cc3)no2)c1. The van der Waals surface area contributed by atoms with E-state index in [-0.39, 0.29) is 18.1 Å². The first-order valence-corrected chi connectivity index (χ1v) is 8.57. The molecule has 2 aromatic carbocycles. The summed E-state index contributed by atoms with van der Waals surface area (Å²) in [4.78, 5) is 16.3. The monoisotopic (exact) mass is 371 g/mol. The van der Waals surface area contributed by atoms with Crippen molar-refractivity contribution >= 4 is 23.2 Å². The fraction of sp³-hybridized carbons (Fsp3) is 0.211. The number of rotatable bonds is 6. The molecule has 3 aromatic rings. The van der Waals surface area contributed by atoms with Gasteiger partial charge in [0, 0.05) is 23.4 Å². The number of carbonyl (C=O) groups is 1. The zero-order valence-corrected chi connectivity index (χ0v) is 15.0. The Balaban J connectivity index is 1.51. The van der Waals surface area contributed by atoms with Crippen LogP contribution in [0.15, 0.2) is 47.0 Å². The zero-order valence-electron chi connectivity index (χ0n) is 14.2. The predicted molar refractivity (Wildman–Crippen MR) is 99.2 cm³/mol. The van der Waals surface area contributed by atoms with Crippen LogP contribution in [0.3, 0.4) is 0 Å². The first-order valence-electron chi connectivity index (χ1n) is 8.19. The quantitative estimate of drug-likeness (QED) is 0.628. The molecule has 7 heteroatoms. The summed E-state index contributed by atoms with van der Waals surface area (Å²) in [6.45, 7) is 1.89. The van der Waals surface area contributed by atoms with Gasteiger partial charge in [-0.1, -0.05) is 22.8 Å². The summed E-state index contributed by atoms with van der Waals surface area (Å²) in [6, 6.07) is 12.2. The van der Waals surface area contributed by atoms with Crippen LogP contribution in [-0.4, -0.2) is 21.2 Å². The van der Waals surface area contributed by atoms with Crippen LogP contribution in [-0.2, 0) is 11.2 Å². The maximum Gasteiger partial charge on any atom is 0.226 e. The minimum absolute atomic E-state index is 0.0495. The Morgan fingerprint density at radius 3 is 2.77 bits per heavy atom. The van der Waals surface area contributed by atoms with Gasteiger partial charge in [-0.3, -0.25) is 4.79 Å². The van der Waals surface area contributed by atoms with Gasteiger partial charge in [0.25, 0.3) is 0 Å². The fourth-order valence-corrected chi connectivity index (χ4v) is 2.56. The highest BCUT2D eigenvalue weighted by molar-refractivity contribution is 6.30. The molecule has 0 aliphatic heterocycles. The fourth-order valence-electron chi connectivity index (χ4n) is 2.44. The maximum absolute atomic E-state index is 12.0. The molecule has 2 N–H and O–H groups in total. The molecule has 0 fully saturated rings. The van der Waals surface area contributed by atoms with Crippen LogP contribution in [0.2, 0.25) is 5.02 Å². The van der Waals surface area contributed by atoms with Crippen molar-refractivity contribution in [1.29, 1.82) is 0 Å². The third-order valence-electron chi connectivity index (χ3n) is 3.79. The van der Waals surface area contributed by atoms with Crippen LogP contribution in [0.5, 0.6) is 5.75 Å². The number of aryl methyl sites for hydroxylation is 2. The predicted octanol–water partition coefficient (Wildman–Crippen LogP) is 4.37. The first-order chi connectivity index (χ1) is 12.5. The number of nitrogens with one attached hydrogen (secondary N) is 1. The van der Waals surface area contributed by atoms with Crippen LogP contribution in [0.25, 0.3) is 11.4 Å². The van der Waals surface area contributed by atoms with E-state index in [0.717, 1.165) is 11.1 Å². The molecule has 0 unspecified atom stereocenters. The summed E-state index contributed by atoms with van der Waals surface area (Å²) in [7, 11) is 0. The molecule has 0 radical (unpaired) electrons. The number of carbonyl (C=O) groups excluding carboxylic acids is 1. The molecular weight excluding hydrogens is 354 g/mol. The van der Waals surface area contributed by atoms with Gasteiger partial charge in [0.05, 0.1) is 5.69 Å². The summed E-state index contributed by atoms with van der Waals surface area (Å²) >= 11 is 5.86. The van der Waals surface area contributed by atoms with Gasteiger partial charge in [0.15, 0.2) is 0 Å². The number of aromatic nitrogens is 2. The first kappa shape index (κ1) is 17.9. The lowest BCUT2D eigenvalue weighted by atomic mass is 10.2. The molecule has 26 heavy (non-hydrogen) atoms. The molecule has 0 saturated heterocycles. The molecule has 0 bridgehead atoms. The number of amides is 1. The van der Waals surface area contributed by atoms with Gasteiger partial charge in [-0.2, -0.15) is 4.98 Å². The number of hydrogen-bond acceptors (Lipinski definition) is 5. The van der Waals surface area contributed by atoms with E-state index in [2.05, 4.69) is 15.5 Å². The van der Waals surface area contributed by atoms with E-state index in [1.54, 1.807) is 30.3 Å². The Morgan fingerprint density at radius 2 is 2.00 bits per heavy atom. The topological polar surface area (TPSA) is 88.2 Å². The standard InChI is InChI=1S/C19H18ClN3O3/c1-12-5-10-16(24)15(11-12)21-17(25)3-2-4-18-22-19(23-26-18)13-6-8-14(20)9-7-13/h5-11,24H,2-4H2,1H3,(H,21,25). The number of anilines is 1. The van der Waals surface area contributed by atoms with Crippen molar-refractivity contribution in [3.63, 3.8) is 0 Å². The highest BCUT2D eigenvalue weighted by atomic mass is 35.5. The summed E-state index contributed by atoms with van der Waals surface area (Å²) in [6.07, 6.45) is 1.33. The van der Waals surface area contributed by atoms with E-state index in [0.29, 0.717) is 35.3 Å². The molecule has 0 aliphatic carbocycles. The van der Waals surface area contributed by atoms with Crippen molar-refractivity contribution in [1.82, 2.24) is 10.1 Å². The molecule has 1 amide bonds. The average molecular weight is 372 g/mol. The lowest BCUT2D eigenvalue weighted by Crippen LogP contribution is -2.11. The number of phenols is 1. The summed E-state index contributed by atoms with van der Waals surface area (Å²) in [5, 5.41) is 17.0. The van der Waals surface area contributed by atoms with Crippen LogP contribution >= 0.6 is 11.6 Å². The summed E-state index contributed by atoms with van der Waals surface area (Å²) in [5.41, 5.74) is 2.19. The largest absolute Gasteiger partial charge is 0.506 e. The van der Waals surface area contributed by atoms with Crippen LogP contribution in [0, 0.1) is 6.92 Å². The smallest absolute Gasteiger partial charge is 0.226 e. The number of phenolic OH excluding ortho intramolecular Hbond substituents is 1. The van der Waals surface area contributed by atoms with Crippen molar-refractivity contribution in [2.75, 3.05) is 5.32 Å². The molecule has 0 atom stereocenters. The van der Waals surface area contributed by atoms with Gasteiger partial charge in [0.2, 0.25) is 17.6 Å². The van der Waals surface area contributed by atoms with E-state index in [4.69, 9.17) is 16.1 Å².